The second-order valence-electron chi connectivity index (χ2n) is 7.35. The van der Waals surface area contributed by atoms with Crippen LogP contribution in [0.5, 0.6) is 0 Å². The van der Waals surface area contributed by atoms with Crippen molar-refractivity contribution in [3.63, 3.8) is 0 Å². The van der Waals surface area contributed by atoms with Crippen molar-refractivity contribution >= 4 is 6.29 Å². The molecule has 0 aromatic heterocycles. The topological polar surface area (TPSA) is 26.3 Å². The van der Waals surface area contributed by atoms with Crippen LogP contribution in [0.15, 0.2) is 23.3 Å². The van der Waals surface area contributed by atoms with E-state index in [1.165, 1.54) is 24.0 Å². The van der Waals surface area contributed by atoms with Gasteiger partial charge in [-0.25, -0.2) is 4.39 Å². The van der Waals surface area contributed by atoms with Crippen molar-refractivity contribution in [3.8, 4) is 0 Å². The van der Waals surface area contributed by atoms with Gasteiger partial charge in [-0.3, -0.25) is 0 Å². The van der Waals surface area contributed by atoms with Gasteiger partial charge in [-0.1, -0.05) is 12.2 Å². The summed E-state index contributed by atoms with van der Waals surface area (Å²) in [7, 11) is 0. The van der Waals surface area contributed by atoms with Crippen LogP contribution >= 0.6 is 0 Å². The molecule has 1 saturated carbocycles. The second-order valence-corrected chi connectivity index (χ2v) is 7.35. The van der Waals surface area contributed by atoms with Gasteiger partial charge in [0.25, 0.3) is 0 Å². The molecule has 0 aliphatic heterocycles. The molecule has 3 heteroatoms. The molecule has 22 heavy (non-hydrogen) atoms. The van der Waals surface area contributed by atoms with Crippen LogP contribution in [0.4, 0.5) is 4.39 Å². The Balaban J connectivity index is 1.87. The Hall–Kier alpha value is -0.960. The first-order chi connectivity index (χ1) is 10.6. The van der Waals surface area contributed by atoms with Crippen LogP contribution in [0.1, 0.15) is 52.4 Å². The molecular formula is C19H27FO2. The molecule has 0 radical (unpaired) electrons. The average molecular weight is 306 g/mol. The summed E-state index contributed by atoms with van der Waals surface area (Å²) in [5.74, 6) is 1.16. The number of rotatable bonds is 5. The summed E-state index contributed by atoms with van der Waals surface area (Å²) in [5, 5.41) is 0. The molecule has 4 atom stereocenters. The fourth-order valence-electron chi connectivity index (χ4n) is 3.92. The van der Waals surface area contributed by atoms with Crippen LogP contribution in [0, 0.1) is 17.8 Å². The van der Waals surface area contributed by atoms with Crippen molar-refractivity contribution in [1.29, 1.82) is 0 Å². The molecule has 0 heterocycles. The third-order valence-corrected chi connectivity index (χ3v) is 5.20. The second kappa shape index (κ2) is 6.66. The van der Waals surface area contributed by atoms with Crippen LogP contribution in [-0.2, 0) is 9.53 Å². The maximum absolute atomic E-state index is 13.4. The van der Waals surface area contributed by atoms with Crippen molar-refractivity contribution < 1.29 is 13.9 Å². The first kappa shape index (κ1) is 15.9. The largest absolute Gasteiger partial charge is 0.371 e. The lowest BCUT2D eigenvalue weighted by Crippen LogP contribution is -2.34. The third kappa shape index (κ3) is 3.51. The van der Waals surface area contributed by atoms with Gasteiger partial charge >= 0.3 is 0 Å². The van der Waals surface area contributed by atoms with Crippen molar-refractivity contribution in [3.05, 3.63) is 23.3 Å². The van der Waals surface area contributed by atoms with E-state index >= 15 is 0 Å². The summed E-state index contributed by atoms with van der Waals surface area (Å²) in [6.45, 7) is 4.02. The zero-order chi connectivity index (χ0) is 15.7. The van der Waals surface area contributed by atoms with E-state index in [2.05, 4.69) is 12.2 Å². The molecule has 122 valence electrons. The molecule has 0 spiro atoms. The fourth-order valence-corrected chi connectivity index (χ4v) is 3.92. The van der Waals surface area contributed by atoms with Gasteiger partial charge in [0.05, 0.1) is 12.2 Å². The Morgan fingerprint density at radius 2 is 2.09 bits per heavy atom. The summed E-state index contributed by atoms with van der Waals surface area (Å²) < 4.78 is 19.4. The van der Waals surface area contributed by atoms with Gasteiger partial charge in [0.1, 0.15) is 12.5 Å². The van der Waals surface area contributed by atoms with E-state index in [0.29, 0.717) is 18.8 Å². The zero-order valence-electron chi connectivity index (χ0n) is 13.6. The minimum atomic E-state index is -0.683. The Kier molecular flexibility index (Phi) is 4.82. The third-order valence-electron chi connectivity index (χ3n) is 5.20. The summed E-state index contributed by atoms with van der Waals surface area (Å²) in [4.78, 5) is 11.5. The number of carbonyl (C=O) groups is 1. The van der Waals surface area contributed by atoms with E-state index in [0.717, 1.165) is 25.0 Å². The monoisotopic (exact) mass is 306 g/mol. The summed E-state index contributed by atoms with van der Waals surface area (Å²) in [5.41, 5.74) is 2.67. The first-order valence-corrected chi connectivity index (χ1v) is 8.74. The van der Waals surface area contributed by atoms with Gasteiger partial charge in [-0.2, -0.15) is 0 Å². The highest BCUT2D eigenvalue weighted by atomic mass is 19.1. The molecule has 3 rings (SSSR count). The number of alkyl halides is 1. The number of halogens is 1. The van der Waals surface area contributed by atoms with E-state index < -0.39 is 6.17 Å². The van der Waals surface area contributed by atoms with E-state index in [9.17, 15) is 9.18 Å². The predicted molar refractivity (Wildman–Crippen MR) is 85.3 cm³/mol. The summed E-state index contributed by atoms with van der Waals surface area (Å²) in [6.07, 6.45) is 10.1. The van der Waals surface area contributed by atoms with Gasteiger partial charge in [0.15, 0.2) is 0 Å². The Morgan fingerprint density at radius 1 is 1.32 bits per heavy atom. The predicted octanol–water partition coefficient (Wildman–Crippen LogP) is 4.40. The number of carbonyl (C=O) groups excluding carboxylic acids is 1. The molecule has 0 N–H and O–H groups in total. The lowest BCUT2D eigenvalue weighted by atomic mass is 9.73. The van der Waals surface area contributed by atoms with Gasteiger partial charge in [0, 0.05) is 5.92 Å². The minimum Gasteiger partial charge on any atom is -0.371 e. The molecule has 0 amide bonds. The quantitative estimate of drug-likeness (QED) is 0.704. The first-order valence-electron chi connectivity index (χ1n) is 8.74. The van der Waals surface area contributed by atoms with Crippen LogP contribution in [0.25, 0.3) is 0 Å². The van der Waals surface area contributed by atoms with Crippen LogP contribution < -0.4 is 0 Å². The fraction of sp³-hybridized carbons (Fsp3) is 0.737. The SMILES string of the molecule is CC(C)OC1C=C(C2=CC[C@H](F)CC2)C(C2CC2)C[C@H]1C=O. The summed E-state index contributed by atoms with van der Waals surface area (Å²) >= 11 is 0. The number of hydrogen-bond donors (Lipinski definition) is 0. The Morgan fingerprint density at radius 3 is 2.64 bits per heavy atom. The molecule has 3 aliphatic rings. The van der Waals surface area contributed by atoms with Gasteiger partial charge in [-0.15, -0.1) is 0 Å². The number of allylic oxidation sites excluding steroid dienone is 3. The number of aldehydes is 1. The molecule has 2 unspecified atom stereocenters. The molecule has 3 aliphatic carbocycles. The smallest absolute Gasteiger partial charge is 0.126 e. The molecule has 0 bridgehead atoms. The molecule has 2 nitrogen and oxygen atoms in total. The standard InChI is InChI=1S/C19H27FO2/c1-12(2)22-19-10-18(14-5-7-16(20)8-6-14)17(13-3-4-13)9-15(19)11-21/h5,10-13,15-17,19H,3-4,6-9H2,1-2H3/t15-,16-,17?,19?/m0/s1. The normalized spacial score (nSPS) is 36.0. The summed E-state index contributed by atoms with van der Waals surface area (Å²) in [6, 6.07) is 0. The van der Waals surface area contributed by atoms with E-state index in [1.54, 1.807) is 0 Å². The molecule has 0 saturated heterocycles. The van der Waals surface area contributed by atoms with Crippen LogP contribution in [0.3, 0.4) is 0 Å². The van der Waals surface area contributed by atoms with Gasteiger partial charge < -0.3 is 9.53 Å². The van der Waals surface area contributed by atoms with Crippen molar-refractivity contribution in [2.45, 2.75) is 70.8 Å². The Labute approximate surface area is 132 Å². The number of hydrogen-bond acceptors (Lipinski definition) is 2. The van der Waals surface area contributed by atoms with Crippen molar-refractivity contribution in [1.82, 2.24) is 0 Å². The molecule has 1 fully saturated rings. The molecule has 0 aromatic rings. The van der Waals surface area contributed by atoms with Crippen molar-refractivity contribution in [2.24, 2.45) is 17.8 Å². The Bertz CT molecular complexity index is 476. The lowest BCUT2D eigenvalue weighted by molar-refractivity contribution is -0.117. The highest BCUT2D eigenvalue weighted by Crippen LogP contribution is 2.49. The highest BCUT2D eigenvalue weighted by molar-refractivity contribution is 5.57. The van der Waals surface area contributed by atoms with Crippen molar-refractivity contribution in [2.75, 3.05) is 0 Å². The zero-order valence-corrected chi connectivity index (χ0v) is 13.6. The average Bonchev–Trinajstić information content (AvgIpc) is 3.32. The maximum atomic E-state index is 13.4. The van der Waals surface area contributed by atoms with Gasteiger partial charge in [0.2, 0.25) is 0 Å². The minimum absolute atomic E-state index is 0.0325. The van der Waals surface area contributed by atoms with Gasteiger partial charge in [-0.05, 0) is 75.4 Å². The lowest BCUT2D eigenvalue weighted by Gasteiger charge is -2.36. The van der Waals surface area contributed by atoms with E-state index in [-0.39, 0.29) is 18.1 Å². The molecular weight excluding hydrogens is 279 g/mol. The number of ether oxygens (including phenoxy) is 1. The van der Waals surface area contributed by atoms with E-state index in [4.69, 9.17) is 4.74 Å². The maximum Gasteiger partial charge on any atom is 0.126 e. The highest BCUT2D eigenvalue weighted by Gasteiger charge is 2.41. The van der Waals surface area contributed by atoms with Crippen LogP contribution in [0.2, 0.25) is 0 Å². The molecule has 0 aromatic carbocycles. The van der Waals surface area contributed by atoms with E-state index in [1.807, 2.05) is 13.8 Å². The van der Waals surface area contributed by atoms with Crippen LogP contribution in [-0.4, -0.2) is 24.7 Å².